The number of rotatable bonds is 5. The van der Waals surface area contributed by atoms with E-state index >= 15 is 0 Å². The second-order valence-corrected chi connectivity index (χ2v) is 6.76. The molecule has 1 aliphatic rings. The van der Waals surface area contributed by atoms with E-state index in [2.05, 4.69) is 21.3 Å². The Kier molecular flexibility index (Phi) is 5.43. The maximum Gasteiger partial charge on any atom is 0.322 e. The number of hydrogen-bond acceptors (Lipinski definition) is 5. The molecule has 0 saturated carbocycles. The van der Waals surface area contributed by atoms with Gasteiger partial charge in [-0.25, -0.2) is 9.48 Å². The largest absolute Gasteiger partial charge is 0.325 e. The molecule has 1 fully saturated rings. The summed E-state index contributed by atoms with van der Waals surface area (Å²) in [6.45, 7) is 0. The number of amides is 5. The van der Waals surface area contributed by atoms with Gasteiger partial charge in [0, 0.05) is 11.8 Å². The molecule has 1 saturated heterocycles. The molecule has 0 spiro atoms. The van der Waals surface area contributed by atoms with Crippen LogP contribution in [0.3, 0.4) is 0 Å². The third-order valence-electron chi connectivity index (χ3n) is 4.59. The minimum atomic E-state index is -0.981. The van der Waals surface area contributed by atoms with Crippen molar-refractivity contribution in [1.29, 1.82) is 0 Å². The maximum atomic E-state index is 12.8. The molecule has 1 aliphatic heterocycles. The van der Waals surface area contributed by atoms with Crippen molar-refractivity contribution in [2.75, 3.05) is 0 Å². The average Bonchev–Trinajstić information content (AvgIpc) is 3.36. The molecule has 4 rings (SSSR count). The van der Waals surface area contributed by atoms with Gasteiger partial charge in [-0.05, 0) is 12.1 Å². The predicted octanol–water partition coefficient (Wildman–Crippen LogP) is 0.898. The van der Waals surface area contributed by atoms with Crippen molar-refractivity contribution in [3.8, 4) is 16.9 Å². The van der Waals surface area contributed by atoms with Crippen LogP contribution >= 0.6 is 0 Å². The molecule has 1 unspecified atom stereocenters. The van der Waals surface area contributed by atoms with Gasteiger partial charge in [-0.15, -0.1) is 0 Å². The first kappa shape index (κ1) is 19.8. The van der Waals surface area contributed by atoms with E-state index in [1.807, 2.05) is 66.0 Å². The lowest BCUT2D eigenvalue weighted by atomic mass is 10.1. The lowest BCUT2D eigenvalue weighted by Crippen LogP contribution is -2.44. The monoisotopic (exact) mass is 418 g/mol. The number of imide groups is 1. The van der Waals surface area contributed by atoms with Crippen LogP contribution in [0.1, 0.15) is 16.8 Å². The molecule has 0 radical (unpaired) electrons. The van der Waals surface area contributed by atoms with Crippen molar-refractivity contribution in [3.05, 3.63) is 72.4 Å². The van der Waals surface area contributed by atoms with E-state index in [0.29, 0.717) is 5.69 Å². The first-order chi connectivity index (χ1) is 15.0. The molecule has 3 aromatic rings. The molecule has 156 valence electrons. The number of carbonyl (C=O) groups is 4. The zero-order valence-corrected chi connectivity index (χ0v) is 16.2. The van der Waals surface area contributed by atoms with Crippen molar-refractivity contribution in [2.45, 2.75) is 12.5 Å². The molecule has 31 heavy (non-hydrogen) atoms. The SMILES string of the molecule is O=C(CC1NC(=O)NC1=O)NNC(=O)c1cn(-c2ccccc2)nc1-c1ccccc1. The summed E-state index contributed by atoms with van der Waals surface area (Å²) in [4.78, 5) is 47.6. The zero-order valence-electron chi connectivity index (χ0n) is 16.2. The van der Waals surface area contributed by atoms with Crippen LogP contribution in [-0.2, 0) is 9.59 Å². The van der Waals surface area contributed by atoms with E-state index in [-0.39, 0.29) is 12.0 Å². The third-order valence-corrected chi connectivity index (χ3v) is 4.59. The lowest BCUT2D eigenvalue weighted by Gasteiger charge is -2.09. The Morgan fingerprint density at radius 1 is 0.968 bits per heavy atom. The van der Waals surface area contributed by atoms with Crippen LogP contribution in [0, 0.1) is 0 Å². The number of hydrazine groups is 1. The predicted molar refractivity (Wildman–Crippen MR) is 110 cm³/mol. The molecule has 1 aromatic heterocycles. The van der Waals surface area contributed by atoms with Crippen LogP contribution in [0.4, 0.5) is 4.79 Å². The van der Waals surface area contributed by atoms with Gasteiger partial charge >= 0.3 is 6.03 Å². The summed E-state index contributed by atoms with van der Waals surface area (Å²) >= 11 is 0. The summed E-state index contributed by atoms with van der Waals surface area (Å²) in [5.74, 6) is -1.80. The van der Waals surface area contributed by atoms with E-state index < -0.39 is 29.8 Å². The molecule has 2 heterocycles. The second kappa shape index (κ2) is 8.49. The number of carbonyl (C=O) groups excluding carboxylic acids is 4. The van der Waals surface area contributed by atoms with Crippen molar-refractivity contribution < 1.29 is 19.2 Å². The van der Waals surface area contributed by atoms with E-state index in [9.17, 15) is 19.2 Å². The van der Waals surface area contributed by atoms with Gasteiger partial charge < -0.3 is 5.32 Å². The number of para-hydroxylation sites is 1. The molecular formula is C21H18N6O4. The third kappa shape index (κ3) is 4.42. The Morgan fingerprint density at radius 2 is 1.65 bits per heavy atom. The highest BCUT2D eigenvalue weighted by molar-refractivity contribution is 6.06. The Bertz CT molecular complexity index is 1140. The summed E-state index contributed by atoms with van der Waals surface area (Å²) in [5.41, 5.74) is 6.80. The number of nitrogens with one attached hydrogen (secondary N) is 4. The number of hydrogen-bond donors (Lipinski definition) is 4. The highest BCUT2D eigenvalue weighted by atomic mass is 16.2. The first-order valence-corrected chi connectivity index (χ1v) is 9.42. The molecule has 10 heteroatoms. The molecular weight excluding hydrogens is 400 g/mol. The fraction of sp³-hybridized carbons (Fsp3) is 0.0952. The summed E-state index contributed by atoms with van der Waals surface area (Å²) < 4.78 is 1.58. The summed E-state index contributed by atoms with van der Waals surface area (Å²) in [5, 5.41) is 8.90. The van der Waals surface area contributed by atoms with Crippen LogP contribution in [0.2, 0.25) is 0 Å². The Morgan fingerprint density at radius 3 is 2.29 bits per heavy atom. The zero-order chi connectivity index (χ0) is 21.8. The topological polar surface area (TPSA) is 134 Å². The van der Waals surface area contributed by atoms with Gasteiger partial charge in [0.2, 0.25) is 5.91 Å². The van der Waals surface area contributed by atoms with Crippen molar-refractivity contribution >= 4 is 23.8 Å². The molecule has 4 N–H and O–H groups in total. The van der Waals surface area contributed by atoms with Gasteiger partial charge in [0.15, 0.2) is 0 Å². The van der Waals surface area contributed by atoms with E-state index in [0.717, 1.165) is 11.3 Å². The maximum absolute atomic E-state index is 12.8. The number of urea groups is 1. The van der Waals surface area contributed by atoms with Gasteiger partial charge in [0.1, 0.15) is 11.7 Å². The first-order valence-electron chi connectivity index (χ1n) is 9.42. The van der Waals surface area contributed by atoms with E-state index in [1.54, 1.807) is 10.9 Å². The van der Waals surface area contributed by atoms with Gasteiger partial charge in [-0.3, -0.25) is 30.6 Å². The van der Waals surface area contributed by atoms with E-state index in [1.165, 1.54) is 0 Å². The highest BCUT2D eigenvalue weighted by Gasteiger charge is 2.31. The minimum Gasteiger partial charge on any atom is -0.325 e. The fourth-order valence-electron chi connectivity index (χ4n) is 3.10. The molecule has 0 aliphatic carbocycles. The average molecular weight is 418 g/mol. The van der Waals surface area contributed by atoms with Crippen molar-refractivity contribution in [3.63, 3.8) is 0 Å². The summed E-state index contributed by atoms with van der Waals surface area (Å²) in [6, 6.07) is 16.8. The standard InChI is InChI=1S/C21H18N6O4/c28-17(11-16-20(30)23-21(31)22-16)24-25-19(29)15-12-27(14-9-5-2-6-10-14)26-18(15)13-7-3-1-4-8-13/h1-10,12,16H,11H2,(H,24,28)(H,25,29)(H2,22,23,30,31). The van der Waals surface area contributed by atoms with E-state index in [4.69, 9.17) is 0 Å². The van der Waals surface area contributed by atoms with Gasteiger partial charge in [0.05, 0.1) is 17.7 Å². The number of nitrogens with zero attached hydrogens (tertiary/aromatic N) is 2. The molecule has 0 bridgehead atoms. The molecule has 1 atom stereocenters. The Labute approximate surface area is 176 Å². The molecule has 5 amide bonds. The van der Waals surface area contributed by atoms with Crippen LogP contribution < -0.4 is 21.5 Å². The smallest absolute Gasteiger partial charge is 0.322 e. The second-order valence-electron chi connectivity index (χ2n) is 6.76. The fourth-order valence-corrected chi connectivity index (χ4v) is 3.10. The Hall–Kier alpha value is -4.47. The van der Waals surface area contributed by atoms with Gasteiger partial charge in [-0.1, -0.05) is 48.5 Å². The Balaban J connectivity index is 1.51. The quantitative estimate of drug-likeness (QED) is 0.361. The normalized spacial score (nSPS) is 15.2. The molecule has 2 aromatic carbocycles. The van der Waals surface area contributed by atoms with Gasteiger partial charge in [0.25, 0.3) is 11.8 Å². The number of benzene rings is 2. The summed E-state index contributed by atoms with van der Waals surface area (Å²) in [6.07, 6.45) is 1.26. The molecule has 10 nitrogen and oxygen atoms in total. The van der Waals surface area contributed by atoms with Crippen LogP contribution in [-0.4, -0.2) is 39.6 Å². The highest BCUT2D eigenvalue weighted by Crippen LogP contribution is 2.23. The number of aromatic nitrogens is 2. The van der Waals surface area contributed by atoms with Gasteiger partial charge in [-0.2, -0.15) is 5.10 Å². The van der Waals surface area contributed by atoms with Crippen molar-refractivity contribution in [2.24, 2.45) is 0 Å². The lowest BCUT2D eigenvalue weighted by molar-refractivity contribution is -0.126. The van der Waals surface area contributed by atoms with Crippen LogP contribution in [0.5, 0.6) is 0 Å². The van der Waals surface area contributed by atoms with Crippen molar-refractivity contribution in [1.82, 2.24) is 31.3 Å². The minimum absolute atomic E-state index is 0.252. The summed E-state index contributed by atoms with van der Waals surface area (Å²) in [7, 11) is 0. The van der Waals surface area contributed by atoms with Crippen LogP contribution in [0.15, 0.2) is 66.9 Å². The van der Waals surface area contributed by atoms with Crippen LogP contribution in [0.25, 0.3) is 16.9 Å².